The maximum Gasteiger partial charge on any atom is 0.313 e. The van der Waals surface area contributed by atoms with Gasteiger partial charge in [0.2, 0.25) is 0 Å². The van der Waals surface area contributed by atoms with Crippen LogP contribution < -0.4 is 4.74 Å². The van der Waals surface area contributed by atoms with Gasteiger partial charge in [0, 0.05) is 0 Å². The normalized spacial score (nSPS) is 9.33. The van der Waals surface area contributed by atoms with Crippen LogP contribution in [0.25, 0.3) is 0 Å². The minimum Gasteiger partial charge on any atom is -0.486 e. The molecule has 0 atom stereocenters. The maximum atomic E-state index is 11.4. The zero-order valence-corrected chi connectivity index (χ0v) is 10.0. The molecule has 0 saturated carbocycles. The lowest BCUT2D eigenvalue weighted by molar-refractivity contribution is -0.145. The summed E-state index contributed by atoms with van der Waals surface area (Å²) in [5.41, 5.74) is 0.449. The molecule has 0 radical (unpaired) electrons. The van der Waals surface area contributed by atoms with Gasteiger partial charge in [0.15, 0.2) is 5.78 Å². The Bertz CT molecular complexity index is 476. The third kappa shape index (κ3) is 4.66. The molecule has 0 aliphatic heterocycles. The number of hydrogen-bond acceptors (Lipinski definition) is 5. The molecule has 0 aliphatic rings. The summed E-state index contributed by atoms with van der Waals surface area (Å²) in [6.07, 6.45) is -0.300. The number of hydrogen-bond donors (Lipinski definition) is 0. The summed E-state index contributed by atoms with van der Waals surface area (Å²) >= 11 is 0. The molecule has 0 spiro atoms. The minimum absolute atomic E-state index is 0.215. The largest absolute Gasteiger partial charge is 0.486 e. The number of Topliss-reactive ketones (excluding diaryl/α,β-unsaturated/α-hetero) is 1. The number of carbonyl (C=O) groups is 2. The van der Waals surface area contributed by atoms with E-state index in [9.17, 15) is 9.59 Å². The SMILES string of the molecule is CCOC(=O)CC(=O)COc1cccc(C#N)c1. The molecule has 0 heterocycles. The molecule has 0 amide bonds. The van der Waals surface area contributed by atoms with E-state index in [0.29, 0.717) is 11.3 Å². The number of rotatable bonds is 6. The molecule has 0 saturated heterocycles. The number of benzene rings is 1. The maximum absolute atomic E-state index is 11.4. The van der Waals surface area contributed by atoms with E-state index in [2.05, 4.69) is 4.74 Å². The predicted octanol–water partition coefficient (Wildman–Crippen LogP) is 1.46. The van der Waals surface area contributed by atoms with Crippen LogP contribution in [0.5, 0.6) is 5.75 Å². The van der Waals surface area contributed by atoms with Gasteiger partial charge in [-0.3, -0.25) is 9.59 Å². The fourth-order valence-electron chi connectivity index (χ4n) is 1.24. The molecular weight excluding hydrogens is 234 g/mol. The minimum atomic E-state index is -0.558. The van der Waals surface area contributed by atoms with Gasteiger partial charge in [-0.1, -0.05) is 6.07 Å². The van der Waals surface area contributed by atoms with Gasteiger partial charge in [0.25, 0.3) is 0 Å². The highest BCUT2D eigenvalue weighted by Gasteiger charge is 2.10. The van der Waals surface area contributed by atoms with Crippen molar-refractivity contribution in [2.24, 2.45) is 0 Å². The third-order valence-electron chi connectivity index (χ3n) is 2.01. The highest BCUT2D eigenvalue weighted by molar-refractivity contribution is 5.96. The zero-order chi connectivity index (χ0) is 13.4. The number of ketones is 1. The van der Waals surface area contributed by atoms with E-state index in [1.54, 1.807) is 25.1 Å². The molecule has 5 heteroatoms. The standard InChI is InChI=1S/C13H13NO4/c1-2-17-13(16)7-11(15)9-18-12-5-3-4-10(6-12)8-14/h3-6H,2,7,9H2,1H3. The summed E-state index contributed by atoms with van der Waals surface area (Å²) in [7, 11) is 0. The van der Waals surface area contributed by atoms with Crippen molar-refractivity contribution in [3.8, 4) is 11.8 Å². The van der Waals surface area contributed by atoms with E-state index < -0.39 is 5.97 Å². The average molecular weight is 247 g/mol. The molecule has 0 bridgehead atoms. The summed E-state index contributed by atoms with van der Waals surface area (Å²) in [5, 5.41) is 8.68. The van der Waals surface area contributed by atoms with E-state index in [4.69, 9.17) is 10.00 Å². The highest BCUT2D eigenvalue weighted by atomic mass is 16.5. The summed E-state index contributed by atoms with van der Waals surface area (Å²) in [5.74, 6) is -0.501. The number of ether oxygens (including phenoxy) is 2. The van der Waals surface area contributed by atoms with Crippen LogP contribution in [0.15, 0.2) is 24.3 Å². The monoisotopic (exact) mass is 247 g/mol. The first-order valence-electron chi connectivity index (χ1n) is 5.46. The lowest BCUT2D eigenvalue weighted by Gasteiger charge is -2.05. The van der Waals surface area contributed by atoms with Crippen molar-refractivity contribution in [3.05, 3.63) is 29.8 Å². The van der Waals surface area contributed by atoms with Crippen LogP contribution in [0, 0.1) is 11.3 Å². The van der Waals surface area contributed by atoms with Gasteiger partial charge in [-0.15, -0.1) is 0 Å². The molecule has 1 aromatic carbocycles. The molecule has 5 nitrogen and oxygen atoms in total. The predicted molar refractivity (Wildman–Crippen MR) is 62.9 cm³/mol. The van der Waals surface area contributed by atoms with Crippen molar-refractivity contribution >= 4 is 11.8 Å². The van der Waals surface area contributed by atoms with E-state index in [1.165, 1.54) is 6.07 Å². The van der Waals surface area contributed by atoms with Crippen molar-refractivity contribution in [1.29, 1.82) is 5.26 Å². The Hall–Kier alpha value is -2.35. The average Bonchev–Trinajstić information content (AvgIpc) is 2.37. The smallest absolute Gasteiger partial charge is 0.313 e. The van der Waals surface area contributed by atoms with Crippen LogP contribution in [0.2, 0.25) is 0 Å². The molecule has 1 aromatic rings. The fourth-order valence-corrected chi connectivity index (χ4v) is 1.24. The Balaban J connectivity index is 2.43. The Morgan fingerprint density at radius 1 is 1.39 bits per heavy atom. The van der Waals surface area contributed by atoms with Crippen LogP contribution in [-0.2, 0) is 14.3 Å². The Morgan fingerprint density at radius 2 is 2.17 bits per heavy atom. The van der Waals surface area contributed by atoms with Crippen molar-refractivity contribution in [2.45, 2.75) is 13.3 Å². The summed E-state index contributed by atoms with van der Waals surface area (Å²) in [6.45, 7) is 1.71. The summed E-state index contributed by atoms with van der Waals surface area (Å²) < 4.78 is 9.82. The van der Waals surface area contributed by atoms with E-state index in [-0.39, 0.29) is 25.4 Å². The zero-order valence-electron chi connectivity index (χ0n) is 10.0. The number of esters is 1. The Kier molecular flexibility index (Phi) is 5.39. The van der Waals surface area contributed by atoms with Gasteiger partial charge in [0.1, 0.15) is 18.8 Å². The van der Waals surface area contributed by atoms with Crippen LogP contribution in [-0.4, -0.2) is 25.0 Å². The third-order valence-corrected chi connectivity index (χ3v) is 2.01. The van der Waals surface area contributed by atoms with Crippen LogP contribution >= 0.6 is 0 Å². The molecule has 18 heavy (non-hydrogen) atoms. The first-order valence-corrected chi connectivity index (χ1v) is 5.46. The summed E-state index contributed by atoms with van der Waals surface area (Å²) in [6, 6.07) is 8.42. The van der Waals surface area contributed by atoms with E-state index in [1.807, 2.05) is 6.07 Å². The first kappa shape index (κ1) is 13.7. The quantitative estimate of drug-likeness (QED) is 0.561. The second kappa shape index (κ2) is 7.07. The molecule has 94 valence electrons. The van der Waals surface area contributed by atoms with Crippen molar-refractivity contribution < 1.29 is 19.1 Å². The number of carbonyl (C=O) groups excluding carboxylic acids is 2. The number of nitrogens with zero attached hydrogens (tertiary/aromatic N) is 1. The van der Waals surface area contributed by atoms with Gasteiger partial charge in [-0.05, 0) is 25.1 Å². The molecule has 0 unspecified atom stereocenters. The Morgan fingerprint density at radius 3 is 2.83 bits per heavy atom. The Labute approximate surface area is 105 Å². The van der Waals surface area contributed by atoms with Crippen molar-refractivity contribution in [2.75, 3.05) is 13.2 Å². The number of nitriles is 1. The molecule has 0 fully saturated rings. The topological polar surface area (TPSA) is 76.4 Å². The molecular formula is C13H13NO4. The second-order valence-corrected chi connectivity index (χ2v) is 3.45. The van der Waals surface area contributed by atoms with Crippen molar-refractivity contribution in [1.82, 2.24) is 0 Å². The van der Waals surface area contributed by atoms with Gasteiger partial charge < -0.3 is 9.47 Å². The van der Waals surface area contributed by atoms with Crippen LogP contribution in [0.3, 0.4) is 0 Å². The van der Waals surface area contributed by atoms with E-state index in [0.717, 1.165) is 0 Å². The highest BCUT2D eigenvalue weighted by Crippen LogP contribution is 2.12. The second-order valence-electron chi connectivity index (χ2n) is 3.45. The van der Waals surface area contributed by atoms with E-state index >= 15 is 0 Å². The fraction of sp³-hybridized carbons (Fsp3) is 0.308. The molecule has 1 rings (SSSR count). The molecule has 0 N–H and O–H groups in total. The van der Waals surface area contributed by atoms with Crippen molar-refractivity contribution in [3.63, 3.8) is 0 Å². The lowest BCUT2D eigenvalue weighted by atomic mass is 10.2. The van der Waals surface area contributed by atoms with Gasteiger partial charge in [-0.25, -0.2) is 0 Å². The summed E-state index contributed by atoms with van der Waals surface area (Å²) in [4.78, 5) is 22.4. The van der Waals surface area contributed by atoms with Crippen LogP contribution in [0.4, 0.5) is 0 Å². The molecule has 0 aromatic heterocycles. The first-order chi connectivity index (χ1) is 8.65. The van der Waals surface area contributed by atoms with Gasteiger partial charge in [0.05, 0.1) is 18.2 Å². The van der Waals surface area contributed by atoms with Gasteiger partial charge >= 0.3 is 5.97 Å². The van der Waals surface area contributed by atoms with Gasteiger partial charge in [-0.2, -0.15) is 5.26 Å². The molecule has 0 aliphatic carbocycles. The van der Waals surface area contributed by atoms with Crippen LogP contribution in [0.1, 0.15) is 18.9 Å². The lowest BCUT2D eigenvalue weighted by Crippen LogP contribution is -2.17.